The molecule has 0 unspecified atom stereocenters. The van der Waals surface area contributed by atoms with Crippen molar-refractivity contribution in [1.82, 2.24) is 10.2 Å². The number of ether oxygens (including phenoxy) is 1. The smallest absolute Gasteiger partial charge is 0.433 e. The Bertz CT molecular complexity index is 866. The minimum absolute atomic E-state index is 0.146. The van der Waals surface area contributed by atoms with Crippen LogP contribution in [0.2, 0.25) is 0 Å². The van der Waals surface area contributed by atoms with Crippen molar-refractivity contribution in [2.45, 2.75) is 0 Å². The standard InChI is InChI=1S/C15H11N3O5/c1-22-15(19)14-12(9-5-3-2-4-6-9)13(16-17-14)10-7-8-11(23-10)18(20)21/h2-8H,1H3,(H,16,17). The number of benzene rings is 1. The van der Waals surface area contributed by atoms with Crippen LogP contribution in [0.15, 0.2) is 46.9 Å². The molecular weight excluding hydrogens is 302 g/mol. The molecule has 0 saturated heterocycles. The molecule has 3 aromatic rings. The molecule has 0 bridgehead atoms. The van der Waals surface area contributed by atoms with Crippen LogP contribution in [0.4, 0.5) is 5.88 Å². The van der Waals surface area contributed by atoms with E-state index < -0.39 is 16.8 Å². The average molecular weight is 313 g/mol. The van der Waals surface area contributed by atoms with Gasteiger partial charge in [-0.3, -0.25) is 15.2 Å². The van der Waals surface area contributed by atoms with Gasteiger partial charge in [-0.15, -0.1) is 0 Å². The zero-order valence-corrected chi connectivity index (χ0v) is 12.0. The maximum absolute atomic E-state index is 11.9. The number of rotatable bonds is 4. The summed E-state index contributed by atoms with van der Waals surface area (Å²) in [7, 11) is 1.26. The number of furan rings is 1. The third kappa shape index (κ3) is 2.57. The summed E-state index contributed by atoms with van der Waals surface area (Å²) in [6, 6.07) is 11.7. The van der Waals surface area contributed by atoms with Crippen LogP contribution in [0.5, 0.6) is 0 Å². The van der Waals surface area contributed by atoms with Crippen molar-refractivity contribution in [3.63, 3.8) is 0 Å². The molecule has 0 aliphatic rings. The van der Waals surface area contributed by atoms with Gasteiger partial charge in [-0.2, -0.15) is 5.10 Å². The molecule has 8 nitrogen and oxygen atoms in total. The topological polar surface area (TPSA) is 111 Å². The monoisotopic (exact) mass is 313 g/mol. The molecule has 3 rings (SSSR count). The molecule has 116 valence electrons. The number of nitrogens with zero attached hydrogens (tertiary/aromatic N) is 2. The fourth-order valence-corrected chi connectivity index (χ4v) is 2.21. The second-order valence-electron chi connectivity index (χ2n) is 4.57. The maximum atomic E-state index is 11.9. The number of hydrogen-bond donors (Lipinski definition) is 1. The number of hydrogen-bond acceptors (Lipinski definition) is 6. The number of esters is 1. The van der Waals surface area contributed by atoms with Gasteiger partial charge in [0.25, 0.3) is 0 Å². The van der Waals surface area contributed by atoms with E-state index in [0.717, 1.165) is 0 Å². The summed E-state index contributed by atoms with van der Waals surface area (Å²) in [4.78, 5) is 22.1. The van der Waals surface area contributed by atoms with Gasteiger partial charge >= 0.3 is 11.9 Å². The molecule has 0 fully saturated rings. The second-order valence-corrected chi connectivity index (χ2v) is 4.57. The summed E-state index contributed by atoms with van der Waals surface area (Å²) < 4.78 is 9.93. The minimum Gasteiger partial charge on any atom is -0.464 e. The van der Waals surface area contributed by atoms with Crippen molar-refractivity contribution >= 4 is 11.9 Å². The molecular formula is C15H11N3O5. The van der Waals surface area contributed by atoms with Gasteiger partial charge < -0.3 is 9.15 Å². The van der Waals surface area contributed by atoms with Gasteiger partial charge in [0.05, 0.1) is 13.2 Å². The molecule has 0 radical (unpaired) electrons. The predicted molar refractivity (Wildman–Crippen MR) is 79.7 cm³/mol. The maximum Gasteiger partial charge on any atom is 0.433 e. The van der Waals surface area contributed by atoms with Crippen LogP contribution in [-0.4, -0.2) is 28.2 Å². The van der Waals surface area contributed by atoms with Crippen LogP contribution in [0.1, 0.15) is 10.5 Å². The summed E-state index contributed by atoms with van der Waals surface area (Å²) in [6.45, 7) is 0. The lowest BCUT2D eigenvalue weighted by Gasteiger charge is -2.03. The van der Waals surface area contributed by atoms with E-state index in [4.69, 9.17) is 9.15 Å². The van der Waals surface area contributed by atoms with Gasteiger partial charge in [0, 0.05) is 5.56 Å². The number of aromatic nitrogens is 2. The molecule has 0 atom stereocenters. The molecule has 2 aromatic heterocycles. The molecule has 0 spiro atoms. The first-order valence-electron chi connectivity index (χ1n) is 6.58. The molecule has 1 aromatic carbocycles. The van der Waals surface area contributed by atoms with E-state index in [0.29, 0.717) is 16.8 Å². The van der Waals surface area contributed by atoms with Crippen LogP contribution in [0, 0.1) is 10.1 Å². The zero-order chi connectivity index (χ0) is 16.4. The van der Waals surface area contributed by atoms with E-state index in [1.54, 1.807) is 24.3 Å². The molecule has 0 saturated carbocycles. The Morgan fingerprint density at radius 1 is 1.26 bits per heavy atom. The third-order valence-electron chi connectivity index (χ3n) is 3.22. The molecule has 0 aliphatic heterocycles. The Morgan fingerprint density at radius 2 is 2.00 bits per heavy atom. The lowest BCUT2D eigenvalue weighted by molar-refractivity contribution is -0.401. The Morgan fingerprint density at radius 3 is 2.61 bits per heavy atom. The third-order valence-corrected chi connectivity index (χ3v) is 3.22. The normalized spacial score (nSPS) is 10.5. The van der Waals surface area contributed by atoms with E-state index >= 15 is 0 Å². The molecule has 8 heteroatoms. The first-order chi connectivity index (χ1) is 11.1. The fraction of sp³-hybridized carbons (Fsp3) is 0.0667. The number of methoxy groups -OCH3 is 1. The summed E-state index contributed by atoms with van der Waals surface area (Å²) >= 11 is 0. The zero-order valence-electron chi connectivity index (χ0n) is 12.0. The highest BCUT2D eigenvalue weighted by Crippen LogP contribution is 2.35. The number of nitro groups is 1. The molecule has 1 N–H and O–H groups in total. The van der Waals surface area contributed by atoms with Crippen molar-refractivity contribution < 1.29 is 18.9 Å². The van der Waals surface area contributed by atoms with E-state index in [2.05, 4.69) is 10.2 Å². The van der Waals surface area contributed by atoms with Gasteiger partial charge in [0.2, 0.25) is 0 Å². The van der Waals surface area contributed by atoms with Crippen LogP contribution in [0.25, 0.3) is 22.6 Å². The summed E-state index contributed by atoms with van der Waals surface area (Å²) in [5.74, 6) is -0.813. The fourth-order valence-electron chi connectivity index (χ4n) is 2.21. The van der Waals surface area contributed by atoms with Gasteiger partial charge in [-0.25, -0.2) is 4.79 Å². The number of nitrogens with one attached hydrogen (secondary N) is 1. The van der Waals surface area contributed by atoms with Crippen LogP contribution in [-0.2, 0) is 4.74 Å². The molecule has 0 aliphatic carbocycles. The Balaban J connectivity index is 2.19. The van der Waals surface area contributed by atoms with Crippen molar-refractivity contribution in [3.8, 4) is 22.6 Å². The van der Waals surface area contributed by atoms with E-state index in [1.807, 2.05) is 6.07 Å². The average Bonchev–Trinajstić information content (AvgIpc) is 3.21. The highest BCUT2D eigenvalue weighted by atomic mass is 16.6. The van der Waals surface area contributed by atoms with E-state index in [9.17, 15) is 14.9 Å². The second kappa shape index (κ2) is 5.76. The lowest BCUT2D eigenvalue weighted by atomic mass is 10.0. The van der Waals surface area contributed by atoms with Gasteiger partial charge in [0.1, 0.15) is 10.6 Å². The van der Waals surface area contributed by atoms with Crippen molar-refractivity contribution in [2.75, 3.05) is 7.11 Å². The first kappa shape index (κ1) is 14.5. The number of carbonyl (C=O) groups excluding carboxylic acids is 1. The van der Waals surface area contributed by atoms with Crippen LogP contribution in [0.3, 0.4) is 0 Å². The SMILES string of the molecule is COC(=O)c1[nH]nc(-c2ccc([N+](=O)[O-])o2)c1-c1ccccc1. The van der Waals surface area contributed by atoms with Crippen molar-refractivity contribution in [2.24, 2.45) is 0 Å². The number of carbonyl (C=O) groups is 1. The van der Waals surface area contributed by atoms with Gasteiger partial charge in [-0.1, -0.05) is 30.3 Å². The highest BCUT2D eigenvalue weighted by molar-refractivity contribution is 5.99. The lowest BCUT2D eigenvalue weighted by Crippen LogP contribution is -2.03. The van der Waals surface area contributed by atoms with Gasteiger partial charge in [-0.05, 0) is 11.6 Å². The summed E-state index contributed by atoms with van der Waals surface area (Å²) in [6.07, 6.45) is 0. The van der Waals surface area contributed by atoms with Crippen LogP contribution < -0.4 is 0 Å². The summed E-state index contributed by atoms with van der Waals surface area (Å²) in [5.41, 5.74) is 1.61. The minimum atomic E-state index is -0.639. The predicted octanol–water partition coefficient (Wildman–Crippen LogP) is 3.03. The van der Waals surface area contributed by atoms with Crippen molar-refractivity contribution in [1.29, 1.82) is 0 Å². The Kier molecular flexibility index (Phi) is 3.63. The number of H-pyrrole nitrogens is 1. The van der Waals surface area contributed by atoms with Gasteiger partial charge in [0.15, 0.2) is 11.5 Å². The molecule has 23 heavy (non-hydrogen) atoms. The Labute approximate surface area is 129 Å². The highest BCUT2D eigenvalue weighted by Gasteiger charge is 2.25. The quantitative estimate of drug-likeness (QED) is 0.450. The Hall–Kier alpha value is -3.42. The van der Waals surface area contributed by atoms with Crippen LogP contribution >= 0.6 is 0 Å². The number of aromatic amines is 1. The first-order valence-corrected chi connectivity index (χ1v) is 6.58. The van der Waals surface area contributed by atoms with Crippen molar-refractivity contribution in [3.05, 3.63) is 58.3 Å². The van der Waals surface area contributed by atoms with E-state index in [1.165, 1.54) is 19.2 Å². The summed E-state index contributed by atoms with van der Waals surface area (Å²) in [5, 5.41) is 17.4. The van der Waals surface area contributed by atoms with E-state index in [-0.39, 0.29) is 11.5 Å². The molecule has 2 heterocycles. The largest absolute Gasteiger partial charge is 0.464 e. The molecule has 0 amide bonds.